The number of hydrogen-bond donors (Lipinski definition) is 2. The minimum Gasteiger partial charge on any atom is -0.382 e. The highest BCUT2D eigenvalue weighted by Crippen LogP contribution is 2.24. The number of rotatable bonds is 7. The third kappa shape index (κ3) is 3.71. The first-order valence-corrected chi connectivity index (χ1v) is 8.25. The molecule has 1 rings (SSSR count). The summed E-state index contributed by atoms with van der Waals surface area (Å²) in [4.78, 5) is 0.277. The van der Waals surface area contributed by atoms with E-state index in [9.17, 15) is 8.42 Å². The molecule has 0 bridgehead atoms. The second kappa shape index (κ2) is 6.56. The molecule has 1 aromatic carbocycles. The van der Waals surface area contributed by atoms with Crippen LogP contribution < -0.4 is 11.1 Å². The SMILES string of the molecule is CCC(N)(CC)CNc1ccccc1S(=O)(=O)N(C)C. The van der Waals surface area contributed by atoms with Gasteiger partial charge in [0.05, 0.1) is 5.69 Å². The Hall–Kier alpha value is -1.11. The normalized spacial score (nSPS) is 12.7. The van der Waals surface area contributed by atoms with Crippen LogP contribution >= 0.6 is 0 Å². The van der Waals surface area contributed by atoms with Gasteiger partial charge in [0.1, 0.15) is 4.90 Å². The first kappa shape index (κ1) is 16.9. The maximum atomic E-state index is 12.3. The average Bonchev–Trinajstić information content (AvgIpc) is 2.44. The fourth-order valence-electron chi connectivity index (χ4n) is 1.81. The van der Waals surface area contributed by atoms with Crippen LogP contribution in [-0.4, -0.2) is 38.9 Å². The Morgan fingerprint density at radius 3 is 2.25 bits per heavy atom. The van der Waals surface area contributed by atoms with E-state index in [-0.39, 0.29) is 10.4 Å². The molecule has 1 aromatic rings. The van der Waals surface area contributed by atoms with Gasteiger partial charge in [-0.15, -0.1) is 0 Å². The van der Waals surface area contributed by atoms with Gasteiger partial charge in [-0.3, -0.25) is 0 Å². The molecule has 0 amide bonds. The highest BCUT2D eigenvalue weighted by molar-refractivity contribution is 7.89. The molecule has 20 heavy (non-hydrogen) atoms. The zero-order chi connectivity index (χ0) is 15.4. The maximum Gasteiger partial charge on any atom is 0.244 e. The van der Waals surface area contributed by atoms with E-state index in [0.717, 1.165) is 12.8 Å². The molecule has 0 saturated heterocycles. The summed E-state index contributed by atoms with van der Waals surface area (Å²) in [6.45, 7) is 4.61. The van der Waals surface area contributed by atoms with Crippen LogP contribution in [-0.2, 0) is 10.0 Å². The molecule has 3 N–H and O–H groups in total. The molecule has 0 aliphatic carbocycles. The summed E-state index contributed by atoms with van der Waals surface area (Å²) in [5.74, 6) is 0. The summed E-state index contributed by atoms with van der Waals surface area (Å²) in [5, 5.41) is 3.19. The van der Waals surface area contributed by atoms with Gasteiger partial charge in [-0.2, -0.15) is 0 Å². The lowest BCUT2D eigenvalue weighted by Gasteiger charge is -2.28. The van der Waals surface area contributed by atoms with Crippen molar-refractivity contribution in [2.75, 3.05) is 26.0 Å². The molecule has 0 spiro atoms. The number of para-hydroxylation sites is 1. The second-order valence-corrected chi connectivity index (χ2v) is 7.33. The summed E-state index contributed by atoms with van der Waals surface area (Å²) in [7, 11) is -0.408. The minimum absolute atomic E-state index is 0.277. The van der Waals surface area contributed by atoms with Crippen LogP contribution in [0.3, 0.4) is 0 Å². The van der Waals surface area contributed by atoms with Crippen LogP contribution in [0, 0.1) is 0 Å². The van der Waals surface area contributed by atoms with E-state index in [0.29, 0.717) is 12.2 Å². The van der Waals surface area contributed by atoms with Gasteiger partial charge in [-0.05, 0) is 25.0 Å². The zero-order valence-electron chi connectivity index (χ0n) is 12.7. The van der Waals surface area contributed by atoms with Crippen molar-refractivity contribution in [3.63, 3.8) is 0 Å². The summed E-state index contributed by atoms with van der Waals surface area (Å²) >= 11 is 0. The van der Waals surface area contributed by atoms with Crippen LogP contribution in [0.15, 0.2) is 29.2 Å². The highest BCUT2D eigenvalue weighted by atomic mass is 32.2. The molecule has 6 heteroatoms. The van der Waals surface area contributed by atoms with Crippen molar-refractivity contribution >= 4 is 15.7 Å². The van der Waals surface area contributed by atoms with Gasteiger partial charge in [-0.25, -0.2) is 12.7 Å². The van der Waals surface area contributed by atoms with E-state index >= 15 is 0 Å². The van der Waals surface area contributed by atoms with E-state index < -0.39 is 10.0 Å². The van der Waals surface area contributed by atoms with Crippen molar-refractivity contribution < 1.29 is 8.42 Å². The van der Waals surface area contributed by atoms with E-state index in [1.54, 1.807) is 18.2 Å². The molecule has 0 aliphatic rings. The summed E-state index contributed by atoms with van der Waals surface area (Å²) < 4.78 is 25.8. The van der Waals surface area contributed by atoms with Crippen LogP contribution in [0.1, 0.15) is 26.7 Å². The Morgan fingerprint density at radius 2 is 1.75 bits per heavy atom. The van der Waals surface area contributed by atoms with Gasteiger partial charge >= 0.3 is 0 Å². The molecule has 0 radical (unpaired) electrons. The Labute approximate surface area is 122 Å². The molecule has 0 fully saturated rings. The van der Waals surface area contributed by atoms with Gasteiger partial charge in [0.25, 0.3) is 0 Å². The van der Waals surface area contributed by atoms with Gasteiger partial charge < -0.3 is 11.1 Å². The van der Waals surface area contributed by atoms with Crippen molar-refractivity contribution in [1.29, 1.82) is 0 Å². The largest absolute Gasteiger partial charge is 0.382 e. The van der Waals surface area contributed by atoms with E-state index in [1.807, 2.05) is 19.9 Å². The quantitative estimate of drug-likeness (QED) is 0.806. The lowest BCUT2D eigenvalue weighted by molar-refractivity contribution is 0.418. The van der Waals surface area contributed by atoms with E-state index in [4.69, 9.17) is 5.73 Å². The number of anilines is 1. The van der Waals surface area contributed by atoms with Crippen molar-refractivity contribution in [3.05, 3.63) is 24.3 Å². The molecular formula is C14H25N3O2S. The monoisotopic (exact) mass is 299 g/mol. The smallest absolute Gasteiger partial charge is 0.244 e. The minimum atomic E-state index is -3.46. The van der Waals surface area contributed by atoms with Crippen molar-refractivity contribution in [2.45, 2.75) is 37.1 Å². The lowest BCUT2D eigenvalue weighted by Crippen LogP contribution is -2.45. The lowest BCUT2D eigenvalue weighted by atomic mass is 9.94. The molecule has 5 nitrogen and oxygen atoms in total. The van der Waals surface area contributed by atoms with Gasteiger partial charge in [-0.1, -0.05) is 26.0 Å². The molecule has 0 aliphatic heterocycles. The Morgan fingerprint density at radius 1 is 1.20 bits per heavy atom. The third-order valence-electron chi connectivity index (χ3n) is 3.68. The van der Waals surface area contributed by atoms with Crippen LogP contribution in [0.2, 0.25) is 0 Å². The summed E-state index contributed by atoms with van der Waals surface area (Å²) in [6, 6.07) is 6.90. The first-order valence-electron chi connectivity index (χ1n) is 6.81. The fourth-order valence-corrected chi connectivity index (χ4v) is 2.87. The van der Waals surface area contributed by atoms with Crippen LogP contribution in [0.4, 0.5) is 5.69 Å². The molecule has 0 saturated carbocycles. The van der Waals surface area contributed by atoms with E-state index in [1.165, 1.54) is 18.4 Å². The highest BCUT2D eigenvalue weighted by Gasteiger charge is 2.23. The standard InChI is InChI=1S/C14H25N3O2S/c1-5-14(15,6-2)11-16-12-9-7-8-10-13(12)20(18,19)17(3)4/h7-10,16H,5-6,11,15H2,1-4H3. The first-order chi connectivity index (χ1) is 9.27. The number of nitrogens with one attached hydrogen (secondary N) is 1. The Bertz CT molecular complexity index is 537. The number of benzene rings is 1. The average molecular weight is 299 g/mol. The maximum absolute atomic E-state index is 12.3. The molecule has 0 heterocycles. The molecule has 0 unspecified atom stereocenters. The Kier molecular flexibility index (Phi) is 5.56. The number of nitrogens with zero attached hydrogens (tertiary/aromatic N) is 1. The third-order valence-corrected chi connectivity index (χ3v) is 5.56. The predicted molar refractivity (Wildman–Crippen MR) is 83.3 cm³/mol. The van der Waals surface area contributed by atoms with Crippen molar-refractivity contribution in [1.82, 2.24) is 4.31 Å². The van der Waals surface area contributed by atoms with Gasteiger partial charge in [0.15, 0.2) is 0 Å². The Balaban J connectivity index is 3.04. The topological polar surface area (TPSA) is 75.4 Å². The number of hydrogen-bond acceptors (Lipinski definition) is 4. The summed E-state index contributed by atoms with van der Waals surface area (Å²) in [6.07, 6.45) is 1.66. The molecule has 0 atom stereocenters. The van der Waals surface area contributed by atoms with Crippen molar-refractivity contribution in [3.8, 4) is 0 Å². The molecular weight excluding hydrogens is 274 g/mol. The van der Waals surface area contributed by atoms with E-state index in [2.05, 4.69) is 5.32 Å². The fraction of sp³-hybridized carbons (Fsp3) is 0.571. The van der Waals surface area contributed by atoms with Crippen molar-refractivity contribution in [2.24, 2.45) is 5.73 Å². The number of sulfonamides is 1. The number of nitrogens with two attached hydrogens (primary N) is 1. The zero-order valence-corrected chi connectivity index (χ0v) is 13.5. The van der Waals surface area contributed by atoms with Crippen LogP contribution in [0.25, 0.3) is 0 Å². The summed E-state index contributed by atoms with van der Waals surface area (Å²) in [5.41, 5.74) is 6.51. The van der Waals surface area contributed by atoms with Gasteiger partial charge in [0.2, 0.25) is 10.0 Å². The molecule has 114 valence electrons. The van der Waals surface area contributed by atoms with Crippen LogP contribution in [0.5, 0.6) is 0 Å². The molecule has 0 aromatic heterocycles. The predicted octanol–water partition coefficient (Wildman–Crippen LogP) is 1.87. The second-order valence-electron chi connectivity index (χ2n) is 5.21. The van der Waals surface area contributed by atoms with Gasteiger partial charge in [0, 0.05) is 26.2 Å².